The molecule has 0 saturated carbocycles. The van der Waals surface area contributed by atoms with Gasteiger partial charge in [-0.05, 0) is 24.2 Å². The lowest BCUT2D eigenvalue weighted by atomic mass is 10.1. The van der Waals surface area contributed by atoms with Crippen LogP contribution in [0, 0.1) is 0 Å². The molecule has 118 valence electrons. The molecule has 4 nitrogen and oxygen atoms in total. The van der Waals surface area contributed by atoms with Gasteiger partial charge in [0, 0.05) is 25.3 Å². The average molecular weight is 304 g/mol. The van der Waals surface area contributed by atoms with E-state index < -0.39 is 23.9 Å². The number of alkyl halides is 3. The van der Waals surface area contributed by atoms with Gasteiger partial charge in [-0.3, -0.25) is 0 Å². The zero-order valence-electron chi connectivity index (χ0n) is 11.7. The van der Waals surface area contributed by atoms with Crippen LogP contribution in [0.4, 0.5) is 18.9 Å². The summed E-state index contributed by atoms with van der Waals surface area (Å²) in [7, 11) is 0. The second-order valence-corrected chi connectivity index (χ2v) is 5.16. The van der Waals surface area contributed by atoms with E-state index in [1.54, 1.807) is 11.0 Å². The maximum Gasteiger partial charge on any atom is 0.416 e. The van der Waals surface area contributed by atoms with Gasteiger partial charge >= 0.3 is 6.18 Å². The van der Waals surface area contributed by atoms with E-state index in [4.69, 9.17) is 0 Å². The van der Waals surface area contributed by atoms with Gasteiger partial charge < -0.3 is 20.4 Å². The maximum atomic E-state index is 13.2. The Morgan fingerprint density at radius 3 is 2.38 bits per heavy atom. The third-order valence-corrected chi connectivity index (χ3v) is 3.59. The summed E-state index contributed by atoms with van der Waals surface area (Å²) in [5.41, 5.74) is -0.136. The molecule has 0 spiro atoms. The standard InChI is InChI=1S/C14H19F3N2O2/c1-2-18-6-9-3-4-10(5-11(9)14(15,16)17)19-7-12(20)13(21)8-19/h3-5,12-13,18,20-21H,2,6-8H2,1H3. The van der Waals surface area contributed by atoms with Crippen LogP contribution < -0.4 is 10.2 Å². The molecule has 0 aromatic heterocycles. The van der Waals surface area contributed by atoms with E-state index in [-0.39, 0.29) is 25.2 Å². The van der Waals surface area contributed by atoms with Gasteiger partial charge in [-0.25, -0.2) is 0 Å². The fourth-order valence-electron chi connectivity index (χ4n) is 2.42. The number of rotatable bonds is 4. The lowest BCUT2D eigenvalue weighted by Crippen LogP contribution is -2.23. The van der Waals surface area contributed by atoms with Crippen LogP contribution in [0.25, 0.3) is 0 Å². The molecule has 0 radical (unpaired) electrons. The van der Waals surface area contributed by atoms with Crippen molar-refractivity contribution in [1.29, 1.82) is 0 Å². The average Bonchev–Trinajstić information content (AvgIpc) is 2.75. The van der Waals surface area contributed by atoms with E-state index in [1.165, 1.54) is 6.07 Å². The number of nitrogens with zero attached hydrogens (tertiary/aromatic N) is 1. The number of β-amino-alcohol motifs (C(OH)–C–C–N with tert-alkyl or cyclic N) is 2. The van der Waals surface area contributed by atoms with E-state index in [0.717, 1.165) is 6.07 Å². The van der Waals surface area contributed by atoms with E-state index in [0.29, 0.717) is 12.2 Å². The van der Waals surface area contributed by atoms with Crippen molar-refractivity contribution in [2.75, 3.05) is 24.5 Å². The fourth-order valence-corrected chi connectivity index (χ4v) is 2.42. The summed E-state index contributed by atoms with van der Waals surface area (Å²) in [5.74, 6) is 0. The number of hydrogen-bond donors (Lipinski definition) is 3. The van der Waals surface area contributed by atoms with Crippen LogP contribution in [0.3, 0.4) is 0 Å². The molecule has 21 heavy (non-hydrogen) atoms. The highest BCUT2D eigenvalue weighted by atomic mass is 19.4. The zero-order valence-corrected chi connectivity index (χ0v) is 11.7. The Kier molecular flexibility index (Phi) is 4.75. The van der Waals surface area contributed by atoms with E-state index in [2.05, 4.69) is 5.32 Å². The predicted molar refractivity (Wildman–Crippen MR) is 73.1 cm³/mol. The van der Waals surface area contributed by atoms with Crippen LogP contribution >= 0.6 is 0 Å². The van der Waals surface area contributed by atoms with Gasteiger partial charge in [0.05, 0.1) is 17.8 Å². The van der Waals surface area contributed by atoms with Gasteiger partial charge in [0.2, 0.25) is 0 Å². The molecule has 2 atom stereocenters. The molecule has 1 aromatic carbocycles. The van der Waals surface area contributed by atoms with Crippen molar-refractivity contribution in [3.05, 3.63) is 29.3 Å². The van der Waals surface area contributed by atoms with Gasteiger partial charge in [0.1, 0.15) is 0 Å². The van der Waals surface area contributed by atoms with Crippen LogP contribution in [0.5, 0.6) is 0 Å². The van der Waals surface area contributed by atoms with Gasteiger partial charge in [0.25, 0.3) is 0 Å². The highest BCUT2D eigenvalue weighted by molar-refractivity contribution is 5.53. The Bertz CT molecular complexity index is 484. The molecule has 2 rings (SSSR count). The molecule has 1 fully saturated rings. The highest BCUT2D eigenvalue weighted by Crippen LogP contribution is 2.35. The highest BCUT2D eigenvalue weighted by Gasteiger charge is 2.35. The minimum atomic E-state index is -4.43. The summed E-state index contributed by atoms with van der Waals surface area (Å²) in [6, 6.07) is 4.11. The molecule has 1 aliphatic rings. The monoisotopic (exact) mass is 304 g/mol. The number of benzene rings is 1. The Morgan fingerprint density at radius 1 is 1.24 bits per heavy atom. The van der Waals surface area contributed by atoms with Crippen molar-refractivity contribution < 1.29 is 23.4 Å². The number of hydrogen-bond acceptors (Lipinski definition) is 4. The number of nitrogens with one attached hydrogen (secondary N) is 1. The first kappa shape index (κ1) is 16.1. The van der Waals surface area contributed by atoms with Crippen molar-refractivity contribution in [3.8, 4) is 0 Å². The van der Waals surface area contributed by atoms with Crippen molar-refractivity contribution in [2.24, 2.45) is 0 Å². The smallest absolute Gasteiger partial charge is 0.389 e. The number of anilines is 1. The molecule has 1 aliphatic heterocycles. The third-order valence-electron chi connectivity index (χ3n) is 3.59. The number of halogens is 3. The van der Waals surface area contributed by atoms with Crippen molar-refractivity contribution >= 4 is 5.69 Å². The summed E-state index contributed by atoms with van der Waals surface area (Å²) in [6.45, 7) is 2.82. The normalized spacial score (nSPS) is 22.9. The second kappa shape index (κ2) is 6.21. The minimum Gasteiger partial charge on any atom is -0.389 e. The summed E-state index contributed by atoms with van der Waals surface area (Å²) in [6.07, 6.45) is -6.29. The van der Waals surface area contributed by atoms with E-state index >= 15 is 0 Å². The van der Waals surface area contributed by atoms with Crippen LogP contribution in [-0.2, 0) is 12.7 Å². The molecule has 1 aromatic rings. The van der Waals surface area contributed by atoms with Crippen molar-refractivity contribution in [2.45, 2.75) is 31.9 Å². The molecule has 0 amide bonds. The van der Waals surface area contributed by atoms with Gasteiger partial charge in [-0.1, -0.05) is 13.0 Å². The predicted octanol–water partition coefficient (Wildman–Crippen LogP) is 1.36. The summed E-state index contributed by atoms with van der Waals surface area (Å²) in [4.78, 5) is 1.56. The maximum absolute atomic E-state index is 13.2. The first-order valence-electron chi connectivity index (χ1n) is 6.85. The minimum absolute atomic E-state index is 0.130. The molecule has 7 heteroatoms. The molecule has 0 bridgehead atoms. The lowest BCUT2D eigenvalue weighted by Gasteiger charge is -2.21. The zero-order chi connectivity index (χ0) is 15.6. The summed E-state index contributed by atoms with van der Waals surface area (Å²) < 4.78 is 39.5. The van der Waals surface area contributed by atoms with E-state index in [1.807, 2.05) is 6.92 Å². The fraction of sp³-hybridized carbons (Fsp3) is 0.571. The first-order valence-corrected chi connectivity index (χ1v) is 6.85. The Labute approximate surface area is 121 Å². The van der Waals surface area contributed by atoms with Crippen LogP contribution in [0.15, 0.2) is 18.2 Å². The quantitative estimate of drug-likeness (QED) is 0.786. The van der Waals surface area contributed by atoms with Crippen LogP contribution in [0.1, 0.15) is 18.1 Å². The Morgan fingerprint density at radius 2 is 1.86 bits per heavy atom. The van der Waals surface area contributed by atoms with Gasteiger partial charge in [-0.15, -0.1) is 0 Å². The van der Waals surface area contributed by atoms with E-state index in [9.17, 15) is 23.4 Å². The van der Waals surface area contributed by atoms with Gasteiger partial charge in [-0.2, -0.15) is 13.2 Å². The van der Waals surface area contributed by atoms with Crippen LogP contribution in [-0.4, -0.2) is 42.1 Å². The van der Waals surface area contributed by atoms with Crippen molar-refractivity contribution in [1.82, 2.24) is 5.32 Å². The Balaban J connectivity index is 2.29. The second-order valence-electron chi connectivity index (χ2n) is 5.16. The molecule has 1 saturated heterocycles. The molecular weight excluding hydrogens is 285 g/mol. The van der Waals surface area contributed by atoms with Gasteiger partial charge in [0.15, 0.2) is 0 Å². The molecule has 0 aliphatic carbocycles. The third kappa shape index (κ3) is 3.66. The molecule has 3 N–H and O–H groups in total. The van der Waals surface area contributed by atoms with Crippen LogP contribution in [0.2, 0.25) is 0 Å². The topological polar surface area (TPSA) is 55.7 Å². The lowest BCUT2D eigenvalue weighted by molar-refractivity contribution is -0.138. The molecule has 2 unspecified atom stereocenters. The summed E-state index contributed by atoms with van der Waals surface area (Å²) in [5, 5.41) is 21.9. The molecule has 1 heterocycles. The Hall–Kier alpha value is -1.31. The largest absolute Gasteiger partial charge is 0.416 e. The number of aliphatic hydroxyl groups excluding tert-OH is 2. The molecular formula is C14H19F3N2O2. The number of aliphatic hydroxyl groups is 2. The SMILES string of the molecule is CCNCc1ccc(N2CC(O)C(O)C2)cc1C(F)(F)F. The van der Waals surface area contributed by atoms with Crippen molar-refractivity contribution in [3.63, 3.8) is 0 Å². The first-order chi connectivity index (χ1) is 9.82. The summed E-state index contributed by atoms with van der Waals surface area (Å²) >= 11 is 0.